The summed E-state index contributed by atoms with van der Waals surface area (Å²) in [5.41, 5.74) is 0. The Morgan fingerprint density at radius 3 is 2.44 bits per heavy atom. The summed E-state index contributed by atoms with van der Waals surface area (Å²) < 4.78 is 23.3. The summed E-state index contributed by atoms with van der Waals surface area (Å²) in [6.07, 6.45) is 7.25. The fourth-order valence-corrected chi connectivity index (χ4v) is 5.12. The van der Waals surface area contributed by atoms with Crippen molar-refractivity contribution < 1.29 is 8.42 Å². The zero-order chi connectivity index (χ0) is 12.6. The largest absolute Gasteiger partial charge is 0.313 e. The smallest absolute Gasteiger partial charge is 0.151 e. The molecule has 3 aliphatic rings. The lowest BCUT2D eigenvalue weighted by molar-refractivity contribution is 0.169. The van der Waals surface area contributed by atoms with E-state index in [1.165, 1.54) is 32.1 Å². The van der Waals surface area contributed by atoms with E-state index < -0.39 is 9.84 Å². The van der Waals surface area contributed by atoms with Crippen molar-refractivity contribution in [2.24, 2.45) is 0 Å². The average molecular weight is 272 g/mol. The molecule has 0 amide bonds. The van der Waals surface area contributed by atoms with Crippen LogP contribution in [0.25, 0.3) is 0 Å². The minimum absolute atomic E-state index is 0.297. The van der Waals surface area contributed by atoms with Crippen LogP contribution in [0.1, 0.15) is 38.5 Å². The molecule has 2 heterocycles. The van der Waals surface area contributed by atoms with Gasteiger partial charge in [0.15, 0.2) is 9.84 Å². The Balaban J connectivity index is 1.61. The number of rotatable bonds is 4. The van der Waals surface area contributed by atoms with Crippen LogP contribution in [0.5, 0.6) is 0 Å². The molecule has 18 heavy (non-hydrogen) atoms. The number of hydrogen-bond donors (Lipinski definition) is 1. The van der Waals surface area contributed by atoms with E-state index in [2.05, 4.69) is 10.2 Å². The Kier molecular flexibility index (Phi) is 3.65. The first-order valence-corrected chi connectivity index (χ1v) is 9.16. The lowest BCUT2D eigenvalue weighted by atomic mass is 10.0. The third-order valence-electron chi connectivity index (χ3n) is 4.54. The molecule has 0 aromatic carbocycles. The number of hydrogen-bond acceptors (Lipinski definition) is 4. The third-order valence-corrected chi connectivity index (χ3v) is 6.29. The molecule has 5 heteroatoms. The predicted molar refractivity (Wildman–Crippen MR) is 72.4 cm³/mol. The lowest BCUT2D eigenvalue weighted by Gasteiger charge is -2.34. The van der Waals surface area contributed by atoms with Crippen LogP contribution in [-0.2, 0) is 9.84 Å². The summed E-state index contributed by atoms with van der Waals surface area (Å²) in [5, 5.41) is 3.59. The van der Waals surface area contributed by atoms with Gasteiger partial charge in [-0.3, -0.25) is 4.90 Å². The van der Waals surface area contributed by atoms with Crippen LogP contribution in [-0.4, -0.2) is 56.0 Å². The molecular weight excluding hydrogens is 248 g/mol. The number of sulfone groups is 1. The third kappa shape index (κ3) is 3.06. The normalized spacial score (nSPS) is 36.1. The molecule has 0 aromatic rings. The van der Waals surface area contributed by atoms with Crippen LogP contribution in [0.2, 0.25) is 0 Å². The fraction of sp³-hybridized carbons (Fsp3) is 1.00. The molecule has 0 aromatic heterocycles. The first-order chi connectivity index (χ1) is 8.64. The molecule has 1 aliphatic carbocycles. The molecule has 1 N–H and O–H groups in total. The standard InChI is InChI=1S/C13H24N2O2S/c16-18(17)8-6-13(10-18)15(12-4-5-12)9-11-3-1-2-7-14-11/h11-14H,1-10H2. The summed E-state index contributed by atoms with van der Waals surface area (Å²) >= 11 is 0. The monoisotopic (exact) mass is 272 g/mol. The molecule has 0 radical (unpaired) electrons. The molecule has 0 bridgehead atoms. The molecule has 3 rings (SSSR count). The summed E-state index contributed by atoms with van der Waals surface area (Å²) in [4.78, 5) is 2.51. The van der Waals surface area contributed by atoms with Crippen LogP contribution in [0.4, 0.5) is 0 Å². The first-order valence-electron chi connectivity index (χ1n) is 7.34. The minimum atomic E-state index is -2.75. The average Bonchev–Trinajstić information content (AvgIpc) is 3.12. The minimum Gasteiger partial charge on any atom is -0.313 e. The van der Waals surface area contributed by atoms with E-state index in [1.54, 1.807) is 0 Å². The second kappa shape index (κ2) is 5.10. The molecule has 2 saturated heterocycles. The Hall–Kier alpha value is -0.130. The van der Waals surface area contributed by atoms with E-state index in [-0.39, 0.29) is 0 Å². The summed E-state index contributed by atoms with van der Waals surface area (Å²) in [6, 6.07) is 1.56. The molecule has 104 valence electrons. The highest BCUT2D eigenvalue weighted by Gasteiger charge is 2.40. The maximum absolute atomic E-state index is 11.6. The van der Waals surface area contributed by atoms with E-state index in [0.717, 1.165) is 19.5 Å². The number of nitrogens with zero attached hydrogens (tertiary/aromatic N) is 1. The Morgan fingerprint density at radius 1 is 1.06 bits per heavy atom. The van der Waals surface area contributed by atoms with Gasteiger partial charge < -0.3 is 5.32 Å². The van der Waals surface area contributed by atoms with Crippen molar-refractivity contribution in [1.29, 1.82) is 0 Å². The summed E-state index contributed by atoms with van der Waals surface area (Å²) in [6.45, 7) is 2.19. The quantitative estimate of drug-likeness (QED) is 0.822. The predicted octanol–water partition coefficient (Wildman–Crippen LogP) is 0.780. The van der Waals surface area contributed by atoms with E-state index in [0.29, 0.717) is 29.6 Å². The van der Waals surface area contributed by atoms with Crippen LogP contribution in [0.3, 0.4) is 0 Å². The molecule has 4 nitrogen and oxygen atoms in total. The summed E-state index contributed by atoms with van der Waals surface area (Å²) in [7, 11) is -2.75. The lowest BCUT2D eigenvalue weighted by Crippen LogP contribution is -2.48. The van der Waals surface area contributed by atoms with Crippen LogP contribution in [0.15, 0.2) is 0 Å². The van der Waals surface area contributed by atoms with Crippen LogP contribution >= 0.6 is 0 Å². The van der Waals surface area contributed by atoms with E-state index >= 15 is 0 Å². The Bertz CT molecular complexity index is 386. The van der Waals surface area contributed by atoms with Gasteiger partial charge in [0, 0.05) is 24.7 Å². The van der Waals surface area contributed by atoms with Gasteiger partial charge >= 0.3 is 0 Å². The highest BCUT2D eigenvalue weighted by molar-refractivity contribution is 7.91. The topological polar surface area (TPSA) is 49.4 Å². The first kappa shape index (κ1) is 12.9. The Labute approximate surface area is 110 Å². The number of piperidine rings is 1. The van der Waals surface area contributed by atoms with Crippen LogP contribution in [0, 0.1) is 0 Å². The second-order valence-electron chi connectivity index (χ2n) is 6.13. The Morgan fingerprint density at radius 2 is 1.89 bits per heavy atom. The van der Waals surface area contributed by atoms with Gasteiger partial charge in [-0.2, -0.15) is 0 Å². The van der Waals surface area contributed by atoms with Crippen molar-refractivity contribution in [3.05, 3.63) is 0 Å². The fourth-order valence-electron chi connectivity index (χ4n) is 3.37. The summed E-state index contributed by atoms with van der Waals surface area (Å²) in [5.74, 6) is 0.801. The molecule has 1 saturated carbocycles. The maximum atomic E-state index is 11.6. The second-order valence-corrected chi connectivity index (χ2v) is 8.36. The molecule has 2 aliphatic heterocycles. The van der Waals surface area contributed by atoms with E-state index in [4.69, 9.17) is 0 Å². The SMILES string of the molecule is O=S1(=O)CCC(N(CC2CCCCN2)C2CC2)C1. The van der Waals surface area contributed by atoms with Gasteiger partial charge in [-0.15, -0.1) is 0 Å². The van der Waals surface area contributed by atoms with Crippen molar-refractivity contribution >= 4 is 9.84 Å². The van der Waals surface area contributed by atoms with Crippen molar-refractivity contribution in [2.45, 2.75) is 56.7 Å². The van der Waals surface area contributed by atoms with Crippen molar-refractivity contribution in [3.63, 3.8) is 0 Å². The van der Waals surface area contributed by atoms with Gasteiger partial charge in [0.1, 0.15) is 0 Å². The van der Waals surface area contributed by atoms with Crippen molar-refractivity contribution in [3.8, 4) is 0 Å². The van der Waals surface area contributed by atoms with Gasteiger partial charge in [0.2, 0.25) is 0 Å². The highest BCUT2D eigenvalue weighted by Crippen LogP contribution is 2.32. The molecule has 3 fully saturated rings. The van der Waals surface area contributed by atoms with Gasteiger partial charge in [0.25, 0.3) is 0 Å². The van der Waals surface area contributed by atoms with E-state index in [9.17, 15) is 8.42 Å². The molecule has 2 unspecified atom stereocenters. The van der Waals surface area contributed by atoms with Crippen molar-refractivity contribution in [1.82, 2.24) is 10.2 Å². The number of nitrogens with one attached hydrogen (secondary N) is 1. The highest BCUT2D eigenvalue weighted by atomic mass is 32.2. The van der Waals surface area contributed by atoms with Crippen LogP contribution < -0.4 is 5.32 Å². The zero-order valence-corrected chi connectivity index (χ0v) is 11.8. The molecule has 0 spiro atoms. The molecular formula is C13H24N2O2S. The van der Waals surface area contributed by atoms with Gasteiger partial charge in [-0.25, -0.2) is 8.42 Å². The van der Waals surface area contributed by atoms with Gasteiger partial charge in [0.05, 0.1) is 11.5 Å². The molecule has 2 atom stereocenters. The van der Waals surface area contributed by atoms with Gasteiger partial charge in [-0.1, -0.05) is 6.42 Å². The van der Waals surface area contributed by atoms with E-state index in [1.807, 2.05) is 0 Å². The van der Waals surface area contributed by atoms with Crippen molar-refractivity contribution in [2.75, 3.05) is 24.6 Å². The maximum Gasteiger partial charge on any atom is 0.151 e. The van der Waals surface area contributed by atoms with Gasteiger partial charge in [-0.05, 0) is 38.6 Å². The zero-order valence-electron chi connectivity index (χ0n) is 11.0.